The second-order valence-corrected chi connectivity index (χ2v) is 6.16. The van der Waals surface area contributed by atoms with Crippen molar-refractivity contribution >= 4 is 11.9 Å². The SMILES string of the molecule is Cc1noc(C)c1CN1C(=O)CCC(C(=O)O)C1c1ccccc1. The number of piperidine rings is 1. The number of carbonyl (C=O) groups excluding carboxylic acids is 1. The van der Waals surface area contributed by atoms with Gasteiger partial charge in [-0.15, -0.1) is 0 Å². The van der Waals surface area contributed by atoms with E-state index in [4.69, 9.17) is 4.52 Å². The fourth-order valence-electron chi connectivity index (χ4n) is 3.36. The fraction of sp³-hybridized carbons (Fsp3) is 0.389. The summed E-state index contributed by atoms with van der Waals surface area (Å²) in [6.07, 6.45) is 0.593. The molecule has 1 amide bonds. The number of aryl methyl sites for hydroxylation is 2. The van der Waals surface area contributed by atoms with Gasteiger partial charge in [-0.2, -0.15) is 0 Å². The lowest BCUT2D eigenvalue weighted by molar-refractivity contribution is -0.152. The van der Waals surface area contributed by atoms with Gasteiger partial charge in [0.25, 0.3) is 0 Å². The second kappa shape index (κ2) is 6.47. The van der Waals surface area contributed by atoms with Crippen molar-refractivity contribution in [3.63, 3.8) is 0 Å². The average Bonchev–Trinajstić information content (AvgIpc) is 2.88. The molecule has 6 nitrogen and oxygen atoms in total. The first-order valence-corrected chi connectivity index (χ1v) is 7.98. The molecule has 126 valence electrons. The summed E-state index contributed by atoms with van der Waals surface area (Å²) in [6.45, 7) is 3.94. The van der Waals surface area contributed by atoms with E-state index >= 15 is 0 Å². The molecule has 2 unspecified atom stereocenters. The highest BCUT2D eigenvalue weighted by molar-refractivity contribution is 5.81. The molecule has 1 saturated heterocycles. The minimum Gasteiger partial charge on any atom is -0.481 e. The maximum Gasteiger partial charge on any atom is 0.308 e. The van der Waals surface area contributed by atoms with E-state index in [1.165, 1.54) is 0 Å². The monoisotopic (exact) mass is 328 g/mol. The molecule has 0 spiro atoms. The Balaban J connectivity index is 2.01. The zero-order valence-electron chi connectivity index (χ0n) is 13.7. The molecule has 1 aliphatic rings. The van der Waals surface area contributed by atoms with Gasteiger partial charge in [-0.1, -0.05) is 35.5 Å². The van der Waals surface area contributed by atoms with Crippen molar-refractivity contribution in [2.24, 2.45) is 5.92 Å². The Hall–Kier alpha value is -2.63. The first kappa shape index (κ1) is 16.2. The van der Waals surface area contributed by atoms with Crippen molar-refractivity contribution in [1.82, 2.24) is 10.1 Å². The highest BCUT2D eigenvalue weighted by atomic mass is 16.5. The molecule has 1 aromatic heterocycles. The lowest BCUT2D eigenvalue weighted by Gasteiger charge is -2.39. The van der Waals surface area contributed by atoms with Gasteiger partial charge in [0.15, 0.2) is 0 Å². The van der Waals surface area contributed by atoms with Crippen LogP contribution in [0, 0.1) is 19.8 Å². The summed E-state index contributed by atoms with van der Waals surface area (Å²) in [4.78, 5) is 26.0. The first-order chi connectivity index (χ1) is 11.5. The van der Waals surface area contributed by atoms with Gasteiger partial charge in [0.2, 0.25) is 5.91 Å². The molecule has 24 heavy (non-hydrogen) atoms. The molecule has 0 radical (unpaired) electrons. The van der Waals surface area contributed by atoms with E-state index in [0.29, 0.717) is 18.7 Å². The minimum atomic E-state index is -0.875. The van der Waals surface area contributed by atoms with Gasteiger partial charge in [-0.05, 0) is 25.8 Å². The van der Waals surface area contributed by atoms with E-state index in [1.54, 1.807) is 11.8 Å². The number of aromatic nitrogens is 1. The van der Waals surface area contributed by atoms with Crippen LogP contribution in [-0.4, -0.2) is 27.0 Å². The lowest BCUT2D eigenvalue weighted by atomic mass is 9.84. The molecule has 0 bridgehead atoms. The third kappa shape index (κ3) is 2.91. The quantitative estimate of drug-likeness (QED) is 0.933. The van der Waals surface area contributed by atoms with Crippen LogP contribution in [0.2, 0.25) is 0 Å². The van der Waals surface area contributed by atoms with Gasteiger partial charge in [-0.3, -0.25) is 9.59 Å². The number of benzene rings is 1. The molecule has 6 heteroatoms. The number of carboxylic acid groups (broad SMARTS) is 1. The Morgan fingerprint density at radius 3 is 2.62 bits per heavy atom. The van der Waals surface area contributed by atoms with Crippen LogP contribution in [-0.2, 0) is 16.1 Å². The van der Waals surface area contributed by atoms with Crippen molar-refractivity contribution in [3.05, 3.63) is 52.9 Å². The lowest BCUT2D eigenvalue weighted by Crippen LogP contribution is -2.45. The van der Waals surface area contributed by atoms with E-state index in [9.17, 15) is 14.7 Å². The third-order valence-electron chi connectivity index (χ3n) is 4.67. The normalized spacial score (nSPS) is 21.1. The number of rotatable bonds is 4. The largest absolute Gasteiger partial charge is 0.481 e. The number of carboxylic acids is 1. The molecule has 2 heterocycles. The molecule has 0 aliphatic carbocycles. The highest BCUT2D eigenvalue weighted by Gasteiger charge is 2.41. The van der Waals surface area contributed by atoms with E-state index in [2.05, 4.69) is 5.16 Å². The number of hydrogen-bond acceptors (Lipinski definition) is 4. The Labute approximate surface area is 140 Å². The van der Waals surface area contributed by atoms with Crippen LogP contribution in [0.4, 0.5) is 0 Å². The van der Waals surface area contributed by atoms with E-state index in [0.717, 1.165) is 16.8 Å². The molecule has 1 N–H and O–H groups in total. The smallest absolute Gasteiger partial charge is 0.308 e. The van der Waals surface area contributed by atoms with Crippen molar-refractivity contribution in [2.75, 3.05) is 0 Å². The van der Waals surface area contributed by atoms with Gasteiger partial charge < -0.3 is 14.5 Å². The van der Waals surface area contributed by atoms with Gasteiger partial charge in [0.05, 0.1) is 24.2 Å². The van der Waals surface area contributed by atoms with Crippen LogP contribution >= 0.6 is 0 Å². The first-order valence-electron chi connectivity index (χ1n) is 7.98. The molecule has 1 aliphatic heterocycles. The molecular formula is C18H20N2O4. The van der Waals surface area contributed by atoms with Gasteiger partial charge >= 0.3 is 5.97 Å². The van der Waals surface area contributed by atoms with Crippen LogP contribution in [0.3, 0.4) is 0 Å². The maximum absolute atomic E-state index is 12.6. The van der Waals surface area contributed by atoms with Gasteiger partial charge in [-0.25, -0.2) is 0 Å². The topological polar surface area (TPSA) is 83.6 Å². The van der Waals surface area contributed by atoms with E-state index < -0.39 is 17.9 Å². The Bertz CT molecular complexity index is 734. The van der Waals surface area contributed by atoms with Gasteiger partial charge in [0.1, 0.15) is 5.76 Å². The predicted octanol–water partition coefficient (Wildman–Crippen LogP) is 2.86. The predicted molar refractivity (Wildman–Crippen MR) is 86.1 cm³/mol. The minimum absolute atomic E-state index is 0.0404. The molecule has 1 fully saturated rings. The Morgan fingerprint density at radius 2 is 2.04 bits per heavy atom. The van der Waals surface area contributed by atoms with Crippen LogP contribution in [0.25, 0.3) is 0 Å². The van der Waals surface area contributed by atoms with E-state index in [1.807, 2.05) is 37.3 Å². The number of amides is 1. The molecular weight excluding hydrogens is 308 g/mol. The number of hydrogen-bond donors (Lipinski definition) is 1. The molecule has 1 aromatic carbocycles. The Kier molecular flexibility index (Phi) is 4.38. The van der Waals surface area contributed by atoms with Crippen LogP contribution in [0.5, 0.6) is 0 Å². The molecule has 2 aromatic rings. The fourth-order valence-corrected chi connectivity index (χ4v) is 3.36. The summed E-state index contributed by atoms with van der Waals surface area (Å²) in [5.74, 6) is -0.878. The van der Waals surface area contributed by atoms with Crippen molar-refractivity contribution in [3.8, 4) is 0 Å². The van der Waals surface area contributed by atoms with Crippen molar-refractivity contribution < 1.29 is 19.2 Å². The number of likely N-dealkylation sites (tertiary alicyclic amines) is 1. The van der Waals surface area contributed by atoms with E-state index in [-0.39, 0.29) is 12.3 Å². The standard InChI is InChI=1S/C18H20N2O4/c1-11-15(12(2)24-19-11)10-20-16(21)9-8-14(18(22)23)17(20)13-6-4-3-5-7-13/h3-7,14,17H,8-10H2,1-2H3,(H,22,23). The average molecular weight is 328 g/mol. The molecule has 2 atom stereocenters. The van der Waals surface area contributed by atoms with Crippen LogP contribution in [0.15, 0.2) is 34.9 Å². The number of nitrogens with zero attached hydrogens (tertiary/aromatic N) is 2. The summed E-state index contributed by atoms with van der Waals surface area (Å²) < 4.78 is 5.18. The van der Waals surface area contributed by atoms with Crippen LogP contribution < -0.4 is 0 Å². The maximum atomic E-state index is 12.6. The summed E-state index contributed by atoms with van der Waals surface area (Å²) in [7, 11) is 0. The highest BCUT2D eigenvalue weighted by Crippen LogP contribution is 2.38. The zero-order chi connectivity index (χ0) is 17.3. The zero-order valence-corrected chi connectivity index (χ0v) is 13.7. The molecule has 3 rings (SSSR count). The summed E-state index contributed by atoms with van der Waals surface area (Å²) in [5.41, 5.74) is 2.41. The van der Waals surface area contributed by atoms with Gasteiger partial charge in [0, 0.05) is 12.0 Å². The summed E-state index contributed by atoms with van der Waals surface area (Å²) in [6, 6.07) is 8.86. The molecule has 0 saturated carbocycles. The number of aliphatic carboxylic acids is 1. The van der Waals surface area contributed by atoms with Crippen LogP contribution in [0.1, 0.15) is 41.5 Å². The number of carbonyl (C=O) groups is 2. The third-order valence-corrected chi connectivity index (χ3v) is 4.67. The summed E-state index contributed by atoms with van der Waals surface area (Å²) >= 11 is 0. The summed E-state index contributed by atoms with van der Waals surface area (Å²) in [5, 5.41) is 13.6. The second-order valence-electron chi connectivity index (χ2n) is 6.16. The van der Waals surface area contributed by atoms with Crippen molar-refractivity contribution in [1.29, 1.82) is 0 Å². The van der Waals surface area contributed by atoms with Crippen molar-refractivity contribution in [2.45, 2.75) is 39.3 Å². The Morgan fingerprint density at radius 1 is 1.33 bits per heavy atom.